The highest BCUT2D eigenvalue weighted by Crippen LogP contribution is 2.24. The van der Waals surface area contributed by atoms with Gasteiger partial charge in [0.25, 0.3) is 10.0 Å². The summed E-state index contributed by atoms with van der Waals surface area (Å²) in [4.78, 5) is 5.40. The van der Waals surface area contributed by atoms with Gasteiger partial charge in [-0.3, -0.25) is 0 Å². The standard InChI is InChI=1S/C19H28N4O3S2/c1-4-20-19(21-12-16(14-24)15-8-6-5-7-9-15)22-13-17-10-11-18(27-17)28(25,26)23(2)3/h5-11,16,24H,4,12-14H2,1-3H3,(H2,20,21,22). The SMILES string of the molecule is CCNC(=NCc1ccc(S(=O)(=O)N(C)C)s1)NCC(CO)c1ccccc1. The molecule has 0 aliphatic heterocycles. The molecular weight excluding hydrogens is 396 g/mol. The second-order valence-electron chi connectivity index (χ2n) is 6.37. The number of nitrogens with one attached hydrogen (secondary N) is 2. The molecule has 154 valence electrons. The summed E-state index contributed by atoms with van der Waals surface area (Å²) in [5.41, 5.74) is 1.06. The van der Waals surface area contributed by atoms with E-state index in [0.29, 0.717) is 29.8 Å². The van der Waals surface area contributed by atoms with E-state index >= 15 is 0 Å². The molecule has 0 aliphatic carbocycles. The van der Waals surface area contributed by atoms with Crippen molar-refractivity contribution in [3.05, 3.63) is 52.9 Å². The van der Waals surface area contributed by atoms with Crippen LogP contribution in [0, 0.1) is 0 Å². The van der Waals surface area contributed by atoms with Crippen molar-refractivity contribution in [2.75, 3.05) is 33.8 Å². The molecule has 9 heteroatoms. The Labute approximate surface area is 171 Å². The molecule has 3 N–H and O–H groups in total. The number of guanidine groups is 1. The maximum Gasteiger partial charge on any atom is 0.252 e. The first kappa shape index (κ1) is 22.4. The Morgan fingerprint density at radius 3 is 2.50 bits per heavy atom. The molecule has 0 bridgehead atoms. The van der Waals surface area contributed by atoms with Crippen molar-refractivity contribution in [2.24, 2.45) is 4.99 Å². The van der Waals surface area contributed by atoms with Gasteiger partial charge in [-0.25, -0.2) is 17.7 Å². The molecule has 0 radical (unpaired) electrons. The summed E-state index contributed by atoms with van der Waals surface area (Å²) in [5, 5.41) is 16.1. The Balaban J connectivity index is 2.03. The third-order valence-corrected chi connectivity index (χ3v) is 7.47. The topological polar surface area (TPSA) is 94.0 Å². The zero-order chi connectivity index (χ0) is 20.6. The van der Waals surface area contributed by atoms with Crippen LogP contribution in [0.15, 0.2) is 51.7 Å². The minimum atomic E-state index is -3.42. The first-order valence-corrected chi connectivity index (χ1v) is 11.3. The van der Waals surface area contributed by atoms with Crippen LogP contribution in [-0.4, -0.2) is 57.6 Å². The van der Waals surface area contributed by atoms with Gasteiger partial charge in [0.2, 0.25) is 0 Å². The van der Waals surface area contributed by atoms with E-state index in [1.807, 2.05) is 37.3 Å². The molecule has 0 aliphatic rings. The number of aliphatic hydroxyl groups is 1. The van der Waals surface area contributed by atoms with Gasteiger partial charge in [0, 0.05) is 38.0 Å². The van der Waals surface area contributed by atoms with E-state index in [0.717, 1.165) is 10.4 Å². The summed E-state index contributed by atoms with van der Waals surface area (Å²) in [6.07, 6.45) is 0. The quantitative estimate of drug-likeness (QED) is 0.422. The van der Waals surface area contributed by atoms with Gasteiger partial charge in [-0.1, -0.05) is 30.3 Å². The van der Waals surface area contributed by atoms with Crippen LogP contribution in [0.1, 0.15) is 23.3 Å². The summed E-state index contributed by atoms with van der Waals surface area (Å²) >= 11 is 1.22. The van der Waals surface area contributed by atoms with E-state index < -0.39 is 10.0 Å². The number of hydrogen-bond donors (Lipinski definition) is 3. The Hall–Kier alpha value is -1.94. The van der Waals surface area contributed by atoms with Crippen molar-refractivity contribution in [1.82, 2.24) is 14.9 Å². The predicted octanol–water partition coefficient (Wildman–Crippen LogP) is 1.83. The van der Waals surface area contributed by atoms with Gasteiger partial charge in [0.15, 0.2) is 5.96 Å². The molecule has 1 atom stereocenters. The van der Waals surface area contributed by atoms with Crippen LogP contribution in [0.3, 0.4) is 0 Å². The number of thiophene rings is 1. The van der Waals surface area contributed by atoms with Gasteiger partial charge < -0.3 is 15.7 Å². The predicted molar refractivity (Wildman–Crippen MR) is 114 cm³/mol. The fourth-order valence-electron chi connectivity index (χ4n) is 2.49. The van der Waals surface area contributed by atoms with Crippen LogP contribution in [0.5, 0.6) is 0 Å². The van der Waals surface area contributed by atoms with Crippen molar-refractivity contribution in [2.45, 2.75) is 23.6 Å². The summed E-state index contributed by atoms with van der Waals surface area (Å²) in [5.74, 6) is 0.589. The smallest absolute Gasteiger partial charge is 0.252 e. The van der Waals surface area contributed by atoms with Crippen LogP contribution in [-0.2, 0) is 16.6 Å². The van der Waals surface area contributed by atoms with Crippen LogP contribution >= 0.6 is 11.3 Å². The second-order valence-corrected chi connectivity index (χ2v) is 9.92. The average molecular weight is 425 g/mol. The van der Waals surface area contributed by atoms with Crippen molar-refractivity contribution < 1.29 is 13.5 Å². The normalized spacial score (nSPS) is 13.5. The van der Waals surface area contributed by atoms with Crippen LogP contribution in [0.25, 0.3) is 0 Å². The summed E-state index contributed by atoms with van der Waals surface area (Å²) < 4.78 is 25.9. The number of sulfonamides is 1. The number of nitrogens with zero attached hydrogens (tertiary/aromatic N) is 2. The molecule has 0 fully saturated rings. The van der Waals surface area contributed by atoms with Crippen molar-refractivity contribution in [3.8, 4) is 0 Å². The van der Waals surface area contributed by atoms with Crippen molar-refractivity contribution >= 4 is 27.3 Å². The van der Waals surface area contributed by atoms with Gasteiger partial charge in [-0.05, 0) is 24.6 Å². The molecule has 1 unspecified atom stereocenters. The van der Waals surface area contributed by atoms with Gasteiger partial charge in [-0.15, -0.1) is 11.3 Å². The molecule has 1 heterocycles. The Bertz CT molecular complexity index is 864. The number of benzene rings is 1. The molecule has 2 aromatic rings. The van der Waals surface area contributed by atoms with Gasteiger partial charge in [0.05, 0.1) is 13.2 Å². The lowest BCUT2D eigenvalue weighted by Crippen LogP contribution is -2.39. The fourth-order valence-corrected chi connectivity index (χ4v) is 4.94. The molecule has 1 aromatic carbocycles. The van der Waals surface area contributed by atoms with E-state index in [1.54, 1.807) is 12.1 Å². The summed E-state index contributed by atoms with van der Waals surface area (Å²) in [7, 11) is -0.380. The molecule has 0 spiro atoms. The Morgan fingerprint density at radius 2 is 1.89 bits per heavy atom. The zero-order valence-electron chi connectivity index (χ0n) is 16.4. The van der Waals surface area contributed by atoms with Gasteiger partial charge in [-0.2, -0.15) is 0 Å². The molecule has 28 heavy (non-hydrogen) atoms. The maximum absolute atomic E-state index is 12.2. The Morgan fingerprint density at radius 1 is 1.18 bits per heavy atom. The van der Waals surface area contributed by atoms with Crippen LogP contribution in [0.2, 0.25) is 0 Å². The van der Waals surface area contributed by atoms with E-state index in [4.69, 9.17) is 0 Å². The molecule has 1 aromatic heterocycles. The summed E-state index contributed by atoms with van der Waals surface area (Å²) in [6, 6.07) is 13.2. The summed E-state index contributed by atoms with van der Waals surface area (Å²) in [6.45, 7) is 3.62. The fraction of sp³-hybridized carbons (Fsp3) is 0.421. The lowest BCUT2D eigenvalue weighted by Gasteiger charge is -2.18. The number of aliphatic hydroxyl groups excluding tert-OH is 1. The largest absolute Gasteiger partial charge is 0.396 e. The van der Waals surface area contributed by atoms with Gasteiger partial charge >= 0.3 is 0 Å². The van der Waals surface area contributed by atoms with Crippen LogP contribution in [0.4, 0.5) is 0 Å². The number of aliphatic imine (C=N–C) groups is 1. The highest BCUT2D eigenvalue weighted by atomic mass is 32.2. The molecule has 0 saturated heterocycles. The third-order valence-electron chi connectivity index (χ3n) is 4.12. The molecule has 0 saturated carbocycles. The molecule has 7 nitrogen and oxygen atoms in total. The molecule has 2 rings (SSSR count). The highest BCUT2D eigenvalue weighted by Gasteiger charge is 2.19. The lowest BCUT2D eigenvalue weighted by molar-refractivity contribution is 0.265. The lowest BCUT2D eigenvalue weighted by atomic mass is 10.0. The zero-order valence-corrected chi connectivity index (χ0v) is 18.1. The third kappa shape index (κ3) is 6.03. The first-order chi connectivity index (χ1) is 13.4. The van der Waals surface area contributed by atoms with Crippen LogP contribution < -0.4 is 10.6 Å². The Kier molecular flexibility index (Phi) is 8.43. The van der Waals surface area contributed by atoms with E-state index in [9.17, 15) is 13.5 Å². The van der Waals surface area contributed by atoms with Crippen molar-refractivity contribution in [3.63, 3.8) is 0 Å². The maximum atomic E-state index is 12.2. The average Bonchev–Trinajstić information content (AvgIpc) is 3.17. The van der Waals surface area contributed by atoms with Crippen molar-refractivity contribution in [1.29, 1.82) is 0 Å². The monoisotopic (exact) mass is 424 g/mol. The van der Waals surface area contributed by atoms with Gasteiger partial charge in [0.1, 0.15) is 4.21 Å². The molecular formula is C19H28N4O3S2. The minimum absolute atomic E-state index is 0.0348. The van der Waals surface area contributed by atoms with E-state index in [2.05, 4.69) is 15.6 Å². The highest BCUT2D eigenvalue weighted by molar-refractivity contribution is 7.91. The van der Waals surface area contributed by atoms with E-state index in [-0.39, 0.29) is 12.5 Å². The van der Waals surface area contributed by atoms with E-state index in [1.165, 1.54) is 29.7 Å². The molecule has 0 amide bonds. The first-order valence-electron chi connectivity index (χ1n) is 9.07. The minimum Gasteiger partial charge on any atom is -0.396 e. The second kappa shape index (κ2) is 10.6. The number of rotatable bonds is 9. The number of hydrogen-bond acceptors (Lipinski definition) is 5.